The highest BCUT2D eigenvalue weighted by molar-refractivity contribution is 6.42. The van der Waals surface area contributed by atoms with E-state index in [9.17, 15) is 4.79 Å². The van der Waals surface area contributed by atoms with Gasteiger partial charge in [-0.25, -0.2) is 4.98 Å². The van der Waals surface area contributed by atoms with Crippen LogP contribution in [-0.4, -0.2) is 10.9 Å². The predicted octanol–water partition coefficient (Wildman–Crippen LogP) is 4.06. The Hall–Kier alpha value is -2.04. The Bertz CT molecular complexity index is 814. The van der Waals surface area contributed by atoms with Crippen molar-refractivity contribution in [2.75, 3.05) is 0 Å². The van der Waals surface area contributed by atoms with E-state index in [0.29, 0.717) is 27.7 Å². The molecule has 0 saturated heterocycles. The number of carbonyl (C=O) groups is 1. The van der Waals surface area contributed by atoms with Crippen molar-refractivity contribution < 1.29 is 9.21 Å². The number of nitrogens with zero attached hydrogens (tertiary/aromatic N) is 1. The van der Waals surface area contributed by atoms with Crippen molar-refractivity contribution in [1.29, 1.82) is 0 Å². The summed E-state index contributed by atoms with van der Waals surface area (Å²) in [5.74, 6) is -0.216. The summed E-state index contributed by atoms with van der Waals surface area (Å²) in [7, 11) is 0. The molecule has 2 aromatic carbocycles. The molecule has 0 atom stereocenters. The molecule has 1 amide bonds. The van der Waals surface area contributed by atoms with Crippen molar-refractivity contribution in [2.45, 2.75) is 6.54 Å². The molecule has 4 nitrogen and oxygen atoms in total. The zero-order chi connectivity index (χ0) is 14.8. The molecule has 1 heterocycles. The minimum absolute atomic E-state index is 0.216. The van der Waals surface area contributed by atoms with Gasteiger partial charge in [0.05, 0.1) is 10.0 Å². The van der Waals surface area contributed by atoms with Crippen LogP contribution in [0.2, 0.25) is 10.0 Å². The van der Waals surface area contributed by atoms with Crippen LogP contribution in [-0.2, 0) is 6.54 Å². The lowest BCUT2D eigenvalue weighted by Crippen LogP contribution is -2.22. The van der Waals surface area contributed by atoms with E-state index in [4.69, 9.17) is 27.6 Å². The van der Waals surface area contributed by atoms with E-state index in [1.54, 1.807) is 18.2 Å². The van der Waals surface area contributed by atoms with Gasteiger partial charge in [-0.3, -0.25) is 4.79 Å². The van der Waals surface area contributed by atoms with E-state index in [2.05, 4.69) is 10.3 Å². The van der Waals surface area contributed by atoms with Gasteiger partial charge in [0.25, 0.3) is 5.91 Å². The fraction of sp³-hybridized carbons (Fsp3) is 0.0667. The molecular formula is C15H10Cl2N2O2. The summed E-state index contributed by atoms with van der Waals surface area (Å²) in [6, 6.07) is 10.3. The summed E-state index contributed by atoms with van der Waals surface area (Å²) in [5, 5.41) is 3.59. The molecule has 21 heavy (non-hydrogen) atoms. The Labute approximate surface area is 130 Å². The molecule has 3 rings (SSSR count). The number of oxazole rings is 1. The zero-order valence-electron chi connectivity index (χ0n) is 10.8. The third-order valence-electron chi connectivity index (χ3n) is 3.03. The number of nitrogens with one attached hydrogen (secondary N) is 1. The highest BCUT2D eigenvalue weighted by Crippen LogP contribution is 2.22. The maximum atomic E-state index is 12.0. The van der Waals surface area contributed by atoms with Gasteiger partial charge in [0, 0.05) is 12.1 Å². The van der Waals surface area contributed by atoms with E-state index in [1.807, 2.05) is 18.2 Å². The lowest BCUT2D eigenvalue weighted by Gasteiger charge is -2.06. The maximum Gasteiger partial charge on any atom is 0.251 e. The van der Waals surface area contributed by atoms with E-state index in [-0.39, 0.29) is 5.91 Å². The lowest BCUT2D eigenvalue weighted by molar-refractivity contribution is 0.0951. The number of fused-ring (bicyclic) bond motifs is 1. The maximum absolute atomic E-state index is 12.0. The molecule has 106 valence electrons. The van der Waals surface area contributed by atoms with Crippen LogP contribution in [0.5, 0.6) is 0 Å². The first-order chi connectivity index (χ1) is 10.1. The number of carbonyl (C=O) groups excluding carboxylic acids is 1. The summed E-state index contributed by atoms with van der Waals surface area (Å²) < 4.78 is 5.22. The Morgan fingerprint density at radius 2 is 2.00 bits per heavy atom. The monoisotopic (exact) mass is 320 g/mol. The number of aromatic nitrogens is 1. The molecule has 6 heteroatoms. The largest absolute Gasteiger partial charge is 0.443 e. The first kappa shape index (κ1) is 13.9. The Balaban J connectivity index is 1.71. The number of amides is 1. The third kappa shape index (κ3) is 3.01. The smallest absolute Gasteiger partial charge is 0.251 e. The molecule has 1 N–H and O–H groups in total. The Kier molecular flexibility index (Phi) is 3.82. The minimum Gasteiger partial charge on any atom is -0.443 e. The van der Waals surface area contributed by atoms with Gasteiger partial charge in [0.2, 0.25) is 0 Å². The highest BCUT2D eigenvalue weighted by Gasteiger charge is 2.08. The number of rotatable bonds is 3. The van der Waals surface area contributed by atoms with Crippen molar-refractivity contribution in [1.82, 2.24) is 10.3 Å². The molecule has 0 radical (unpaired) electrons. The van der Waals surface area contributed by atoms with Gasteiger partial charge in [0.15, 0.2) is 12.0 Å². The van der Waals surface area contributed by atoms with E-state index in [1.165, 1.54) is 6.39 Å². The highest BCUT2D eigenvalue weighted by atomic mass is 35.5. The van der Waals surface area contributed by atoms with Crippen LogP contribution < -0.4 is 5.32 Å². The van der Waals surface area contributed by atoms with Crippen LogP contribution in [0.15, 0.2) is 47.2 Å². The second-order valence-corrected chi connectivity index (χ2v) is 5.28. The molecule has 1 aromatic heterocycles. The first-order valence-electron chi connectivity index (χ1n) is 6.19. The van der Waals surface area contributed by atoms with Crippen LogP contribution in [0, 0.1) is 0 Å². The zero-order valence-corrected chi connectivity index (χ0v) is 12.3. The van der Waals surface area contributed by atoms with Gasteiger partial charge in [0.1, 0.15) is 5.52 Å². The molecule has 0 fully saturated rings. The molecule has 0 spiro atoms. The fourth-order valence-electron chi connectivity index (χ4n) is 1.93. The Morgan fingerprint density at radius 3 is 2.81 bits per heavy atom. The molecule has 0 aliphatic carbocycles. The molecule has 3 aromatic rings. The standard InChI is InChI=1S/C15H10Cl2N2O2/c16-11-3-2-10(6-12(11)17)15(20)18-7-9-1-4-13-14(5-9)21-8-19-13/h1-6,8H,7H2,(H,18,20). The van der Waals surface area contributed by atoms with Crippen molar-refractivity contribution in [3.05, 3.63) is 64.0 Å². The summed E-state index contributed by atoms with van der Waals surface area (Å²) in [6.45, 7) is 0.385. The number of hydrogen-bond donors (Lipinski definition) is 1. The summed E-state index contributed by atoms with van der Waals surface area (Å²) in [6.07, 6.45) is 1.39. The van der Waals surface area contributed by atoms with Gasteiger partial charge in [-0.2, -0.15) is 0 Å². The average molecular weight is 321 g/mol. The summed E-state index contributed by atoms with van der Waals surface area (Å²) >= 11 is 11.7. The lowest BCUT2D eigenvalue weighted by atomic mass is 10.2. The summed E-state index contributed by atoms with van der Waals surface area (Å²) in [4.78, 5) is 16.1. The molecule has 0 bridgehead atoms. The average Bonchev–Trinajstić information content (AvgIpc) is 2.95. The van der Waals surface area contributed by atoms with Gasteiger partial charge in [-0.1, -0.05) is 29.3 Å². The Morgan fingerprint density at radius 1 is 1.14 bits per heavy atom. The third-order valence-corrected chi connectivity index (χ3v) is 3.77. The predicted molar refractivity (Wildman–Crippen MR) is 81.6 cm³/mol. The SMILES string of the molecule is O=C(NCc1ccc2ncoc2c1)c1ccc(Cl)c(Cl)c1. The number of benzene rings is 2. The topological polar surface area (TPSA) is 55.1 Å². The second kappa shape index (κ2) is 5.76. The van der Waals surface area contributed by atoms with Crippen LogP contribution >= 0.6 is 23.2 Å². The summed E-state index contributed by atoms with van der Waals surface area (Å²) in [5.41, 5.74) is 2.86. The quantitative estimate of drug-likeness (QED) is 0.791. The second-order valence-electron chi connectivity index (χ2n) is 4.47. The van der Waals surface area contributed by atoms with Gasteiger partial charge < -0.3 is 9.73 Å². The number of hydrogen-bond acceptors (Lipinski definition) is 3. The fourth-order valence-corrected chi connectivity index (χ4v) is 2.23. The van der Waals surface area contributed by atoms with Crippen molar-refractivity contribution in [3.63, 3.8) is 0 Å². The van der Waals surface area contributed by atoms with Gasteiger partial charge in [-0.05, 0) is 35.9 Å². The molecule has 0 unspecified atom stereocenters. The van der Waals surface area contributed by atoms with E-state index >= 15 is 0 Å². The van der Waals surface area contributed by atoms with Crippen LogP contribution in [0.1, 0.15) is 15.9 Å². The van der Waals surface area contributed by atoms with Crippen LogP contribution in [0.25, 0.3) is 11.1 Å². The van der Waals surface area contributed by atoms with Crippen LogP contribution in [0.4, 0.5) is 0 Å². The minimum atomic E-state index is -0.216. The van der Waals surface area contributed by atoms with E-state index in [0.717, 1.165) is 11.1 Å². The van der Waals surface area contributed by atoms with Crippen molar-refractivity contribution in [3.8, 4) is 0 Å². The first-order valence-corrected chi connectivity index (χ1v) is 6.94. The molecule has 0 saturated carbocycles. The van der Waals surface area contributed by atoms with Gasteiger partial charge in [-0.15, -0.1) is 0 Å². The van der Waals surface area contributed by atoms with Gasteiger partial charge >= 0.3 is 0 Å². The molecule has 0 aliphatic rings. The van der Waals surface area contributed by atoms with E-state index < -0.39 is 0 Å². The van der Waals surface area contributed by atoms with Crippen LogP contribution in [0.3, 0.4) is 0 Å². The van der Waals surface area contributed by atoms with Crippen molar-refractivity contribution in [2.24, 2.45) is 0 Å². The molecular weight excluding hydrogens is 311 g/mol. The number of halogens is 2. The normalized spacial score (nSPS) is 10.8. The van der Waals surface area contributed by atoms with Crippen molar-refractivity contribution >= 4 is 40.2 Å². The molecule has 0 aliphatic heterocycles.